The molecule has 0 aliphatic carbocycles. The number of amides is 4. The van der Waals surface area contributed by atoms with Gasteiger partial charge in [0.15, 0.2) is 0 Å². The molecule has 4 amide bonds. The number of aromatic nitrogens is 1. The zero-order chi connectivity index (χ0) is 27.8. The molecule has 16 heteroatoms. The maximum atomic E-state index is 14.0. The first-order chi connectivity index (χ1) is 18.0. The van der Waals surface area contributed by atoms with E-state index in [4.69, 9.17) is 15.2 Å². The number of aliphatic hydroxyl groups is 2. The SMILES string of the molecule is NC(=O)c1c(OCc2c(F)cc(Br)cc2F)nsc1NC(=O)NCC(O)CC(O)CC(=O)N1CCOCC1. The van der Waals surface area contributed by atoms with E-state index in [1.807, 2.05) is 0 Å². The van der Waals surface area contributed by atoms with E-state index in [-0.39, 0.29) is 46.2 Å². The lowest BCUT2D eigenvalue weighted by Gasteiger charge is -2.28. The lowest BCUT2D eigenvalue weighted by Crippen LogP contribution is -2.42. The maximum Gasteiger partial charge on any atom is 0.320 e. The number of primary amides is 1. The number of urea groups is 1. The molecule has 2 atom stereocenters. The molecule has 1 aromatic heterocycles. The first-order valence-corrected chi connectivity index (χ1v) is 12.9. The van der Waals surface area contributed by atoms with E-state index in [2.05, 4.69) is 30.9 Å². The third-order valence-corrected chi connectivity index (χ3v) is 6.61. The van der Waals surface area contributed by atoms with Crippen molar-refractivity contribution in [3.8, 4) is 5.88 Å². The third kappa shape index (κ3) is 8.29. The number of hydrogen-bond acceptors (Lipinski definition) is 9. The Kier molecular flexibility index (Phi) is 10.7. The Morgan fingerprint density at radius 1 is 1.21 bits per heavy atom. The van der Waals surface area contributed by atoms with Crippen molar-refractivity contribution in [1.29, 1.82) is 0 Å². The van der Waals surface area contributed by atoms with Crippen LogP contribution in [0.4, 0.5) is 18.6 Å². The van der Waals surface area contributed by atoms with E-state index >= 15 is 0 Å². The van der Waals surface area contributed by atoms with Crippen molar-refractivity contribution in [3.63, 3.8) is 0 Å². The van der Waals surface area contributed by atoms with Crippen LogP contribution in [0.2, 0.25) is 0 Å². The molecule has 1 aliphatic rings. The summed E-state index contributed by atoms with van der Waals surface area (Å²) < 4.78 is 42.6. The molecule has 0 bridgehead atoms. The summed E-state index contributed by atoms with van der Waals surface area (Å²) in [7, 11) is 0. The minimum absolute atomic E-state index is 0.0904. The van der Waals surface area contributed by atoms with Gasteiger partial charge in [-0.3, -0.25) is 14.9 Å². The second-order valence-corrected chi connectivity index (χ2v) is 9.96. The topological polar surface area (TPSA) is 176 Å². The number of nitrogens with zero attached hydrogens (tertiary/aromatic N) is 2. The summed E-state index contributed by atoms with van der Waals surface area (Å²) in [5.74, 6) is -3.34. The number of morpholine rings is 1. The van der Waals surface area contributed by atoms with Crippen LogP contribution >= 0.6 is 27.5 Å². The molecule has 1 saturated heterocycles. The number of benzene rings is 1. The molecular formula is C22H26BrF2N5O7S. The number of rotatable bonds is 11. The summed E-state index contributed by atoms with van der Waals surface area (Å²) in [5.41, 5.74) is 4.67. The van der Waals surface area contributed by atoms with Crippen LogP contribution < -0.4 is 21.1 Å². The quantitative estimate of drug-likeness (QED) is 0.250. The van der Waals surface area contributed by atoms with Crippen LogP contribution in [0.25, 0.3) is 0 Å². The number of halogens is 3. The number of carbonyl (C=O) groups excluding carboxylic acids is 3. The molecule has 3 rings (SSSR count). The zero-order valence-electron chi connectivity index (χ0n) is 19.9. The first kappa shape index (κ1) is 29.6. The minimum Gasteiger partial charge on any atom is -0.471 e. The Morgan fingerprint density at radius 2 is 1.87 bits per heavy atom. The summed E-state index contributed by atoms with van der Waals surface area (Å²) in [6, 6.07) is 1.26. The Bertz CT molecular complexity index is 1140. The highest BCUT2D eigenvalue weighted by atomic mass is 79.9. The highest BCUT2D eigenvalue weighted by molar-refractivity contribution is 9.10. The number of carbonyl (C=O) groups is 3. The van der Waals surface area contributed by atoms with Gasteiger partial charge in [-0.1, -0.05) is 15.9 Å². The van der Waals surface area contributed by atoms with Gasteiger partial charge in [-0.2, -0.15) is 4.37 Å². The number of nitrogens with two attached hydrogens (primary N) is 1. The largest absolute Gasteiger partial charge is 0.471 e. The molecule has 1 aliphatic heterocycles. The number of anilines is 1. The van der Waals surface area contributed by atoms with Crippen LogP contribution in [0.3, 0.4) is 0 Å². The zero-order valence-corrected chi connectivity index (χ0v) is 22.3. The fraction of sp³-hybridized carbons (Fsp3) is 0.455. The summed E-state index contributed by atoms with van der Waals surface area (Å²) >= 11 is 3.62. The fourth-order valence-corrected chi connectivity index (χ4v) is 4.65. The molecular weight excluding hydrogens is 596 g/mol. The first-order valence-electron chi connectivity index (χ1n) is 11.4. The monoisotopic (exact) mass is 621 g/mol. The van der Waals surface area contributed by atoms with Gasteiger partial charge >= 0.3 is 6.03 Å². The van der Waals surface area contributed by atoms with E-state index in [1.165, 1.54) is 0 Å². The van der Waals surface area contributed by atoms with Gasteiger partial charge in [-0.15, -0.1) is 0 Å². The van der Waals surface area contributed by atoms with Gasteiger partial charge in [-0.05, 0) is 23.7 Å². The molecule has 0 spiro atoms. The van der Waals surface area contributed by atoms with Crippen molar-refractivity contribution >= 4 is 50.3 Å². The van der Waals surface area contributed by atoms with Crippen molar-refractivity contribution in [1.82, 2.24) is 14.6 Å². The van der Waals surface area contributed by atoms with Crippen molar-refractivity contribution in [2.45, 2.75) is 31.7 Å². The molecule has 2 heterocycles. The minimum atomic E-state index is -1.17. The van der Waals surface area contributed by atoms with Crippen LogP contribution in [0.5, 0.6) is 5.88 Å². The molecule has 1 fully saturated rings. The lowest BCUT2D eigenvalue weighted by molar-refractivity contribution is -0.137. The Labute approximate surface area is 228 Å². The van der Waals surface area contributed by atoms with Gasteiger partial charge in [0.25, 0.3) is 5.91 Å². The molecule has 1 aromatic carbocycles. The van der Waals surface area contributed by atoms with Crippen LogP contribution in [0, 0.1) is 11.6 Å². The van der Waals surface area contributed by atoms with Gasteiger partial charge in [0.05, 0.1) is 37.4 Å². The summed E-state index contributed by atoms with van der Waals surface area (Å²) in [6.45, 7) is 0.859. The van der Waals surface area contributed by atoms with Gasteiger partial charge in [0.2, 0.25) is 11.8 Å². The summed E-state index contributed by atoms with van der Waals surface area (Å²) in [6.07, 6.45) is -2.62. The number of aliphatic hydroxyl groups excluding tert-OH is 2. The number of nitrogens with one attached hydrogen (secondary N) is 2. The van der Waals surface area contributed by atoms with E-state index in [0.717, 1.165) is 12.1 Å². The second-order valence-electron chi connectivity index (χ2n) is 8.27. The lowest BCUT2D eigenvalue weighted by atomic mass is 10.1. The van der Waals surface area contributed by atoms with Crippen molar-refractivity contribution < 1.29 is 42.9 Å². The molecule has 0 radical (unpaired) electrons. The fourth-order valence-electron chi connectivity index (χ4n) is 3.51. The van der Waals surface area contributed by atoms with Gasteiger partial charge < -0.3 is 35.6 Å². The molecule has 0 saturated carbocycles. The highest BCUT2D eigenvalue weighted by Gasteiger charge is 2.24. The molecule has 6 N–H and O–H groups in total. The van der Waals surface area contributed by atoms with Crippen molar-refractivity contribution in [3.05, 3.63) is 39.4 Å². The number of hydrogen-bond donors (Lipinski definition) is 5. The average Bonchev–Trinajstić information content (AvgIpc) is 3.25. The predicted octanol–water partition coefficient (Wildman–Crippen LogP) is 1.34. The normalized spacial score (nSPS) is 15.0. The van der Waals surface area contributed by atoms with Gasteiger partial charge in [-0.25, -0.2) is 13.6 Å². The van der Waals surface area contributed by atoms with Crippen molar-refractivity contribution in [2.75, 3.05) is 38.2 Å². The number of ether oxygens (including phenoxy) is 2. The molecule has 12 nitrogen and oxygen atoms in total. The summed E-state index contributed by atoms with van der Waals surface area (Å²) in [4.78, 5) is 38.0. The highest BCUT2D eigenvalue weighted by Crippen LogP contribution is 2.31. The van der Waals surface area contributed by atoms with E-state index in [9.17, 15) is 33.4 Å². The van der Waals surface area contributed by atoms with Crippen LogP contribution in [-0.4, -0.2) is 82.4 Å². The second kappa shape index (κ2) is 13.7. The van der Waals surface area contributed by atoms with Crippen LogP contribution in [-0.2, 0) is 16.1 Å². The standard InChI is InChI=1S/C22H26BrF2N5O7S/c23-11-5-15(24)14(16(25)6-11)10-37-20-18(19(26)34)21(38-29-20)28-22(35)27-9-13(32)7-12(31)8-17(33)30-1-3-36-4-2-30/h5-6,12-13,31-32H,1-4,7-10H2,(H2,26,34)(H2,27,28,35). The van der Waals surface area contributed by atoms with Crippen LogP contribution in [0.15, 0.2) is 16.6 Å². The Morgan fingerprint density at radius 3 is 2.50 bits per heavy atom. The van der Waals surface area contributed by atoms with Crippen LogP contribution in [0.1, 0.15) is 28.8 Å². The third-order valence-electron chi connectivity index (χ3n) is 5.41. The van der Waals surface area contributed by atoms with E-state index in [0.29, 0.717) is 37.8 Å². The maximum absolute atomic E-state index is 14.0. The predicted molar refractivity (Wildman–Crippen MR) is 135 cm³/mol. The van der Waals surface area contributed by atoms with E-state index in [1.54, 1.807) is 4.90 Å². The molecule has 38 heavy (non-hydrogen) atoms. The molecule has 208 valence electrons. The summed E-state index contributed by atoms with van der Waals surface area (Å²) in [5, 5.41) is 24.9. The Hall–Kier alpha value is -2.92. The molecule has 2 aromatic rings. The molecule has 2 unspecified atom stereocenters. The smallest absolute Gasteiger partial charge is 0.320 e. The average molecular weight is 622 g/mol. The van der Waals surface area contributed by atoms with Gasteiger partial charge in [0, 0.05) is 30.5 Å². The van der Waals surface area contributed by atoms with Crippen molar-refractivity contribution in [2.24, 2.45) is 5.73 Å². The van der Waals surface area contributed by atoms with E-state index < -0.39 is 48.0 Å². The Balaban J connectivity index is 1.50. The van der Waals surface area contributed by atoms with Gasteiger partial charge in [0.1, 0.15) is 28.8 Å².